The summed E-state index contributed by atoms with van der Waals surface area (Å²) in [6.07, 6.45) is 0.543. The first kappa shape index (κ1) is 25.3. The zero-order chi connectivity index (χ0) is 25.8. The lowest BCUT2D eigenvalue weighted by Crippen LogP contribution is -2.32. The van der Waals surface area contributed by atoms with Crippen LogP contribution >= 0.6 is 0 Å². The number of carbonyl (C=O) groups is 2. The summed E-state index contributed by atoms with van der Waals surface area (Å²) in [4.78, 5) is 28.2. The van der Waals surface area contributed by atoms with Crippen LogP contribution < -0.4 is 14.4 Å². The van der Waals surface area contributed by atoms with Crippen LogP contribution in [0.5, 0.6) is 11.5 Å². The van der Waals surface area contributed by atoms with E-state index < -0.39 is 12.1 Å². The molecule has 6 nitrogen and oxygen atoms in total. The Morgan fingerprint density at radius 2 is 1.69 bits per heavy atom. The molecule has 0 aromatic heterocycles. The molecular formula is C30H33NO5. The van der Waals surface area contributed by atoms with Gasteiger partial charge in [0.05, 0.1) is 25.5 Å². The Kier molecular flexibility index (Phi) is 7.63. The highest BCUT2D eigenvalue weighted by molar-refractivity contribution is 6.05. The van der Waals surface area contributed by atoms with E-state index in [4.69, 9.17) is 14.2 Å². The highest BCUT2D eigenvalue weighted by Gasteiger charge is 2.40. The van der Waals surface area contributed by atoms with Crippen LogP contribution in [0.25, 0.3) is 0 Å². The maximum Gasteiger partial charge on any atom is 0.339 e. The maximum atomic E-state index is 13.3. The van der Waals surface area contributed by atoms with E-state index in [-0.39, 0.29) is 5.91 Å². The zero-order valence-electron chi connectivity index (χ0n) is 21.5. The molecule has 1 aliphatic rings. The fourth-order valence-electron chi connectivity index (χ4n) is 4.46. The largest absolute Gasteiger partial charge is 0.493 e. The SMILES string of the molecule is COc1ccc(Cc2cccc(C(=O)OC3C(=O)N(CCC(C)C)c4ccc(C)cc43)c2)cc1OC. The molecule has 1 heterocycles. The molecule has 0 saturated carbocycles. The smallest absolute Gasteiger partial charge is 0.339 e. The van der Waals surface area contributed by atoms with Crippen LogP contribution in [0.3, 0.4) is 0 Å². The minimum Gasteiger partial charge on any atom is -0.493 e. The Morgan fingerprint density at radius 1 is 0.944 bits per heavy atom. The van der Waals surface area contributed by atoms with Crippen LogP contribution in [0.15, 0.2) is 60.7 Å². The van der Waals surface area contributed by atoms with E-state index >= 15 is 0 Å². The third kappa shape index (κ3) is 5.38. The molecule has 0 aliphatic carbocycles. The second-order valence-electron chi connectivity index (χ2n) is 9.59. The van der Waals surface area contributed by atoms with E-state index in [0.717, 1.165) is 34.4 Å². The number of amides is 1. The van der Waals surface area contributed by atoms with Crippen molar-refractivity contribution in [2.45, 2.75) is 39.7 Å². The number of esters is 1. The summed E-state index contributed by atoms with van der Waals surface area (Å²) < 4.78 is 16.5. The number of ether oxygens (including phenoxy) is 3. The number of aryl methyl sites for hydroxylation is 1. The Labute approximate surface area is 212 Å². The van der Waals surface area contributed by atoms with E-state index in [1.54, 1.807) is 25.2 Å². The standard InChI is InChI=1S/C30H33NO5/c1-19(2)13-14-31-25-11-9-20(3)15-24(25)28(29(31)32)36-30(33)23-8-6-7-21(17-23)16-22-10-12-26(34-4)27(18-22)35-5/h6-12,15,17-19,28H,13-14,16H2,1-5H3. The number of fused-ring (bicyclic) bond motifs is 1. The molecule has 4 rings (SSSR count). The van der Waals surface area contributed by atoms with Crippen molar-refractivity contribution in [3.05, 3.63) is 88.5 Å². The molecule has 1 atom stereocenters. The molecule has 0 fully saturated rings. The van der Waals surface area contributed by atoms with Crippen molar-refractivity contribution in [2.24, 2.45) is 5.92 Å². The minimum absolute atomic E-state index is 0.189. The van der Waals surface area contributed by atoms with E-state index in [0.29, 0.717) is 35.9 Å². The van der Waals surface area contributed by atoms with E-state index in [2.05, 4.69) is 13.8 Å². The summed E-state index contributed by atoms with van der Waals surface area (Å²) >= 11 is 0. The molecule has 36 heavy (non-hydrogen) atoms. The first-order chi connectivity index (χ1) is 17.3. The molecule has 0 bridgehead atoms. The molecule has 1 amide bonds. The first-order valence-electron chi connectivity index (χ1n) is 12.2. The zero-order valence-corrected chi connectivity index (χ0v) is 21.5. The molecule has 0 radical (unpaired) electrons. The molecule has 0 saturated heterocycles. The molecule has 3 aromatic rings. The number of hydrogen-bond donors (Lipinski definition) is 0. The van der Waals surface area contributed by atoms with Gasteiger partial charge in [-0.25, -0.2) is 4.79 Å². The van der Waals surface area contributed by atoms with Crippen molar-refractivity contribution < 1.29 is 23.8 Å². The number of benzene rings is 3. The van der Waals surface area contributed by atoms with Crippen molar-refractivity contribution in [1.29, 1.82) is 0 Å². The van der Waals surface area contributed by atoms with Gasteiger partial charge in [0.15, 0.2) is 11.5 Å². The summed E-state index contributed by atoms with van der Waals surface area (Å²) in [5.41, 5.74) is 4.98. The van der Waals surface area contributed by atoms with Gasteiger partial charge in [0.25, 0.3) is 5.91 Å². The van der Waals surface area contributed by atoms with Crippen molar-refractivity contribution in [2.75, 3.05) is 25.7 Å². The van der Waals surface area contributed by atoms with Gasteiger partial charge in [-0.05, 0) is 73.2 Å². The predicted octanol–water partition coefficient (Wildman–Crippen LogP) is 5.89. The van der Waals surface area contributed by atoms with E-state index in [1.165, 1.54) is 0 Å². The average molecular weight is 488 g/mol. The number of nitrogens with zero attached hydrogens (tertiary/aromatic N) is 1. The minimum atomic E-state index is -0.936. The third-order valence-corrected chi connectivity index (χ3v) is 6.42. The van der Waals surface area contributed by atoms with Crippen molar-refractivity contribution in [3.8, 4) is 11.5 Å². The summed E-state index contributed by atoms with van der Waals surface area (Å²) in [7, 11) is 3.21. The van der Waals surface area contributed by atoms with Crippen LogP contribution in [0.2, 0.25) is 0 Å². The van der Waals surface area contributed by atoms with Crippen LogP contribution in [0.1, 0.15) is 59.0 Å². The Balaban J connectivity index is 1.53. The second kappa shape index (κ2) is 10.9. The number of methoxy groups -OCH3 is 2. The second-order valence-corrected chi connectivity index (χ2v) is 9.59. The van der Waals surface area contributed by atoms with Crippen molar-refractivity contribution in [3.63, 3.8) is 0 Å². The van der Waals surface area contributed by atoms with Gasteiger partial charge >= 0.3 is 5.97 Å². The van der Waals surface area contributed by atoms with Gasteiger partial charge in [-0.15, -0.1) is 0 Å². The summed E-state index contributed by atoms with van der Waals surface area (Å²) in [6.45, 7) is 6.83. The molecule has 0 spiro atoms. The van der Waals surface area contributed by atoms with Crippen LogP contribution in [0.4, 0.5) is 5.69 Å². The molecule has 3 aromatic carbocycles. The lowest BCUT2D eigenvalue weighted by molar-refractivity contribution is -0.126. The van der Waals surface area contributed by atoms with Crippen LogP contribution in [-0.2, 0) is 16.0 Å². The fraction of sp³-hybridized carbons (Fsp3) is 0.333. The highest BCUT2D eigenvalue weighted by atomic mass is 16.5. The number of hydrogen-bond acceptors (Lipinski definition) is 5. The molecule has 188 valence electrons. The summed E-state index contributed by atoms with van der Waals surface area (Å²) in [6, 6.07) is 18.9. The topological polar surface area (TPSA) is 65.1 Å². The average Bonchev–Trinajstić information content (AvgIpc) is 3.12. The van der Waals surface area contributed by atoms with Gasteiger partial charge in [0.2, 0.25) is 6.10 Å². The highest BCUT2D eigenvalue weighted by Crippen LogP contribution is 2.39. The first-order valence-corrected chi connectivity index (χ1v) is 12.2. The Hall–Kier alpha value is -3.80. The molecule has 6 heteroatoms. The maximum absolute atomic E-state index is 13.3. The van der Waals surface area contributed by atoms with Crippen LogP contribution in [0, 0.1) is 12.8 Å². The molecular weight excluding hydrogens is 454 g/mol. The lowest BCUT2D eigenvalue weighted by atomic mass is 10.0. The van der Waals surface area contributed by atoms with Gasteiger partial charge in [-0.1, -0.05) is 43.7 Å². The summed E-state index contributed by atoms with van der Waals surface area (Å²) in [5, 5.41) is 0. The number of carbonyl (C=O) groups excluding carboxylic acids is 2. The molecule has 1 aliphatic heterocycles. The van der Waals surface area contributed by atoms with Gasteiger partial charge < -0.3 is 19.1 Å². The van der Waals surface area contributed by atoms with Gasteiger partial charge in [-0.2, -0.15) is 0 Å². The Morgan fingerprint density at radius 3 is 2.42 bits per heavy atom. The Bertz CT molecular complexity index is 1270. The summed E-state index contributed by atoms with van der Waals surface area (Å²) in [5.74, 6) is 1.08. The quantitative estimate of drug-likeness (QED) is 0.352. The fourth-order valence-corrected chi connectivity index (χ4v) is 4.46. The van der Waals surface area contributed by atoms with Crippen LogP contribution in [-0.4, -0.2) is 32.6 Å². The lowest BCUT2D eigenvalue weighted by Gasteiger charge is -2.19. The molecule has 1 unspecified atom stereocenters. The van der Waals surface area contributed by atoms with Gasteiger partial charge in [0, 0.05) is 12.1 Å². The third-order valence-electron chi connectivity index (χ3n) is 6.42. The van der Waals surface area contributed by atoms with Crippen molar-refractivity contribution >= 4 is 17.6 Å². The number of rotatable bonds is 9. The number of anilines is 1. The monoisotopic (exact) mass is 487 g/mol. The van der Waals surface area contributed by atoms with Crippen molar-refractivity contribution in [1.82, 2.24) is 0 Å². The molecule has 0 N–H and O–H groups in total. The van der Waals surface area contributed by atoms with Gasteiger partial charge in [0.1, 0.15) is 0 Å². The van der Waals surface area contributed by atoms with Gasteiger partial charge in [-0.3, -0.25) is 4.79 Å². The van der Waals surface area contributed by atoms with E-state index in [9.17, 15) is 9.59 Å². The normalized spacial score (nSPS) is 14.7. The predicted molar refractivity (Wildman–Crippen MR) is 140 cm³/mol. The van der Waals surface area contributed by atoms with E-state index in [1.807, 2.05) is 61.5 Å².